The van der Waals surface area contributed by atoms with Crippen LogP contribution < -0.4 is 5.32 Å². The van der Waals surface area contributed by atoms with Gasteiger partial charge in [0.2, 0.25) is 5.91 Å². The van der Waals surface area contributed by atoms with Gasteiger partial charge in [0.1, 0.15) is 5.75 Å². The average Bonchev–Trinajstić information content (AvgIpc) is 2.55. The van der Waals surface area contributed by atoms with E-state index in [2.05, 4.69) is 10.3 Å². The molecule has 0 radical (unpaired) electrons. The Balaban J connectivity index is 1.85. The van der Waals surface area contributed by atoms with Crippen LogP contribution in [-0.2, 0) is 10.5 Å². The molecular weight excluding hydrogens is 320 g/mol. The summed E-state index contributed by atoms with van der Waals surface area (Å²) in [6.07, 6.45) is 2.23. The van der Waals surface area contributed by atoms with Crippen molar-refractivity contribution in [3.8, 4) is 5.75 Å². The molecule has 0 spiro atoms. The van der Waals surface area contributed by atoms with Gasteiger partial charge < -0.3 is 10.4 Å². The van der Waals surface area contributed by atoms with Gasteiger partial charge in [0, 0.05) is 29.8 Å². The summed E-state index contributed by atoms with van der Waals surface area (Å²) in [5, 5.41) is 12.9. The molecule has 0 aliphatic heterocycles. The standard InChI is InChI=1S/C19H24N2O2S/c1-13(2)16-11-17(14(3)10-18(16)22)21-19(23)7-9-24-12-15-6-4-5-8-20-15/h4-6,8,10-11,13,22H,7,9,12H2,1-3H3,(H,21,23). The van der Waals surface area contributed by atoms with E-state index in [1.54, 1.807) is 24.0 Å². The Morgan fingerprint density at radius 2 is 2.12 bits per heavy atom. The SMILES string of the molecule is Cc1cc(O)c(C(C)C)cc1NC(=O)CCSCc1ccccn1. The minimum Gasteiger partial charge on any atom is -0.508 e. The zero-order valence-electron chi connectivity index (χ0n) is 14.4. The van der Waals surface area contributed by atoms with Crippen molar-refractivity contribution in [2.75, 3.05) is 11.1 Å². The number of pyridine rings is 1. The largest absolute Gasteiger partial charge is 0.508 e. The predicted molar refractivity (Wildman–Crippen MR) is 101 cm³/mol. The molecule has 0 unspecified atom stereocenters. The second kappa shape index (κ2) is 8.73. The van der Waals surface area contributed by atoms with Gasteiger partial charge in [-0.1, -0.05) is 19.9 Å². The third-order valence-corrected chi connectivity index (χ3v) is 4.71. The van der Waals surface area contributed by atoms with Crippen molar-refractivity contribution < 1.29 is 9.90 Å². The Labute approximate surface area is 147 Å². The lowest BCUT2D eigenvalue weighted by Crippen LogP contribution is -2.13. The number of rotatable bonds is 7. The average molecular weight is 344 g/mol. The van der Waals surface area contributed by atoms with Gasteiger partial charge in [-0.15, -0.1) is 0 Å². The highest BCUT2D eigenvalue weighted by Gasteiger charge is 2.12. The summed E-state index contributed by atoms with van der Waals surface area (Å²) in [6.45, 7) is 5.92. The number of aryl methyl sites for hydroxylation is 1. The molecule has 0 aliphatic carbocycles. The molecule has 0 fully saturated rings. The molecular formula is C19H24N2O2S. The minimum atomic E-state index is -0.00739. The van der Waals surface area contributed by atoms with E-state index < -0.39 is 0 Å². The first-order valence-electron chi connectivity index (χ1n) is 8.08. The molecule has 0 atom stereocenters. The first-order valence-corrected chi connectivity index (χ1v) is 9.24. The molecule has 0 saturated carbocycles. The number of hydrogen-bond donors (Lipinski definition) is 2. The molecule has 1 amide bonds. The van der Waals surface area contributed by atoms with E-state index >= 15 is 0 Å². The maximum atomic E-state index is 12.1. The van der Waals surface area contributed by atoms with Gasteiger partial charge in [0.05, 0.1) is 5.69 Å². The molecule has 1 aromatic carbocycles. The first-order chi connectivity index (χ1) is 11.5. The smallest absolute Gasteiger partial charge is 0.225 e. The van der Waals surface area contributed by atoms with Crippen molar-refractivity contribution in [2.24, 2.45) is 0 Å². The minimum absolute atomic E-state index is 0.00739. The molecule has 128 valence electrons. The maximum absolute atomic E-state index is 12.1. The van der Waals surface area contributed by atoms with Crippen LogP contribution in [0.25, 0.3) is 0 Å². The molecule has 0 saturated heterocycles. The van der Waals surface area contributed by atoms with E-state index in [1.165, 1.54) is 0 Å². The third-order valence-electron chi connectivity index (χ3n) is 3.72. The van der Waals surface area contributed by atoms with Crippen molar-refractivity contribution in [1.82, 2.24) is 4.98 Å². The first kappa shape index (κ1) is 18.3. The number of aromatic hydroxyl groups is 1. The van der Waals surface area contributed by atoms with E-state index in [-0.39, 0.29) is 17.6 Å². The van der Waals surface area contributed by atoms with Crippen molar-refractivity contribution in [3.63, 3.8) is 0 Å². The van der Waals surface area contributed by atoms with Crippen molar-refractivity contribution in [1.29, 1.82) is 0 Å². The molecule has 0 aliphatic rings. The molecule has 5 heteroatoms. The number of hydrogen-bond acceptors (Lipinski definition) is 4. The highest BCUT2D eigenvalue weighted by Crippen LogP contribution is 2.31. The lowest BCUT2D eigenvalue weighted by atomic mass is 9.99. The maximum Gasteiger partial charge on any atom is 0.225 e. The number of phenols is 1. The van der Waals surface area contributed by atoms with Crippen LogP contribution in [0, 0.1) is 6.92 Å². The molecule has 1 aromatic heterocycles. The highest BCUT2D eigenvalue weighted by molar-refractivity contribution is 7.98. The van der Waals surface area contributed by atoms with Crippen LogP contribution in [0.15, 0.2) is 36.5 Å². The molecule has 2 rings (SSSR count). The van der Waals surface area contributed by atoms with Gasteiger partial charge >= 0.3 is 0 Å². The second-order valence-corrected chi connectivity index (χ2v) is 7.16. The van der Waals surface area contributed by atoms with E-state index in [0.717, 1.165) is 34.0 Å². The fraction of sp³-hybridized carbons (Fsp3) is 0.368. The molecule has 2 aromatic rings. The molecule has 0 bridgehead atoms. The normalized spacial score (nSPS) is 10.8. The summed E-state index contributed by atoms with van der Waals surface area (Å²) < 4.78 is 0. The number of nitrogens with zero attached hydrogens (tertiary/aromatic N) is 1. The number of anilines is 1. The highest BCUT2D eigenvalue weighted by atomic mass is 32.2. The Morgan fingerprint density at radius 1 is 1.33 bits per heavy atom. The summed E-state index contributed by atoms with van der Waals surface area (Å²) in [7, 11) is 0. The molecule has 24 heavy (non-hydrogen) atoms. The molecule has 2 N–H and O–H groups in total. The number of carbonyl (C=O) groups excluding carboxylic acids is 1. The van der Waals surface area contributed by atoms with Gasteiger partial charge in [-0.3, -0.25) is 9.78 Å². The van der Waals surface area contributed by atoms with Crippen molar-refractivity contribution in [3.05, 3.63) is 53.3 Å². The van der Waals surface area contributed by atoms with Crippen LogP contribution in [0.2, 0.25) is 0 Å². The van der Waals surface area contributed by atoms with E-state index in [1.807, 2.05) is 45.0 Å². The quantitative estimate of drug-likeness (QED) is 0.574. The van der Waals surface area contributed by atoms with Crippen LogP contribution in [0.3, 0.4) is 0 Å². The summed E-state index contributed by atoms with van der Waals surface area (Å²) in [6, 6.07) is 9.43. The van der Waals surface area contributed by atoms with E-state index in [0.29, 0.717) is 6.42 Å². The Morgan fingerprint density at radius 3 is 2.79 bits per heavy atom. The monoisotopic (exact) mass is 344 g/mol. The van der Waals surface area contributed by atoms with E-state index in [4.69, 9.17) is 0 Å². The summed E-state index contributed by atoms with van der Waals surface area (Å²) in [5.41, 5.74) is 3.52. The fourth-order valence-electron chi connectivity index (χ4n) is 2.34. The number of phenolic OH excluding ortho intramolecular Hbond substituents is 1. The third kappa shape index (κ3) is 5.27. The fourth-order valence-corrected chi connectivity index (χ4v) is 3.20. The Kier molecular flexibility index (Phi) is 6.67. The predicted octanol–water partition coefficient (Wildman–Crippen LogP) is 4.48. The zero-order valence-corrected chi connectivity index (χ0v) is 15.2. The van der Waals surface area contributed by atoms with Gasteiger partial charge in [0.15, 0.2) is 0 Å². The van der Waals surface area contributed by atoms with Crippen LogP contribution >= 0.6 is 11.8 Å². The lowest BCUT2D eigenvalue weighted by molar-refractivity contribution is -0.115. The van der Waals surface area contributed by atoms with Crippen LogP contribution in [0.1, 0.15) is 43.0 Å². The van der Waals surface area contributed by atoms with Crippen LogP contribution in [0.5, 0.6) is 5.75 Å². The summed E-state index contributed by atoms with van der Waals surface area (Å²) in [4.78, 5) is 16.4. The van der Waals surface area contributed by atoms with Gasteiger partial charge in [-0.2, -0.15) is 11.8 Å². The Hall–Kier alpha value is -2.01. The zero-order chi connectivity index (χ0) is 17.5. The number of benzene rings is 1. The van der Waals surface area contributed by atoms with Gasteiger partial charge in [0.25, 0.3) is 0 Å². The van der Waals surface area contributed by atoms with Crippen LogP contribution in [0.4, 0.5) is 5.69 Å². The van der Waals surface area contributed by atoms with Gasteiger partial charge in [-0.25, -0.2) is 0 Å². The number of nitrogens with one attached hydrogen (secondary N) is 1. The number of thioether (sulfide) groups is 1. The topological polar surface area (TPSA) is 62.2 Å². The number of carbonyl (C=O) groups is 1. The van der Waals surface area contributed by atoms with Crippen molar-refractivity contribution >= 4 is 23.4 Å². The van der Waals surface area contributed by atoms with Crippen molar-refractivity contribution in [2.45, 2.75) is 38.9 Å². The summed E-state index contributed by atoms with van der Waals surface area (Å²) >= 11 is 1.70. The molecule has 4 nitrogen and oxygen atoms in total. The number of aromatic nitrogens is 1. The van der Waals surface area contributed by atoms with Gasteiger partial charge in [-0.05, 0) is 48.2 Å². The number of amides is 1. The Bertz CT molecular complexity index is 687. The second-order valence-electron chi connectivity index (χ2n) is 6.05. The molecule has 1 heterocycles. The van der Waals surface area contributed by atoms with E-state index in [9.17, 15) is 9.90 Å². The van der Waals surface area contributed by atoms with Crippen LogP contribution in [-0.4, -0.2) is 21.8 Å². The summed E-state index contributed by atoms with van der Waals surface area (Å²) in [5.74, 6) is 2.04. The lowest BCUT2D eigenvalue weighted by Gasteiger charge is -2.14.